The molecule has 0 bridgehead atoms. The second-order valence-electron chi connectivity index (χ2n) is 5.83. The van der Waals surface area contributed by atoms with Crippen molar-refractivity contribution >= 4 is 11.7 Å². The lowest BCUT2D eigenvalue weighted by Gasteiger charge is -2.19. The van der Waals surface area contributed by atoms with E-state index >= 15 is 0 Å². The normalized spacial score (nSPS) is 14.1. The summed E-state index contributed by atoms with van der Waals surface area (Å²) >= 11 is 0. The highest BCUT2D eigenvalue weighted by Gasteiger charge is 2.20. The maximum atomic E-state index is 13.6. The number of rotatable bonds is 4. The molecule has 1 N–H and O–H groups in total. The van der Waals surface area contributed by atoms with Gasteiger partial charge >= 0.3 is 0 Å². The Bertz CT molecular complexity index is 711. The molecule has 0 unspecified atom stereocenters. The summed E-state index contributed by atoms with van der Waals surface area (Å²) in [7, 11) is 0. The predicted molar refractivity (Wildman–Crippen MR) is 88.0 cm³/mol. The molecule has 23 heavy (non-hydrogen) atoms. The van der Waals surface area contributed by atoms with E-state index in [-0.39, 0.29) is 11.7 Å². The Morgan fingerprint density at radius 3 is 2.83 bits per heavy atom. The fourth-order valence-corrected chi connectivity index (χ4v) is 2.78. The average molecular weight is 313 g/mol. The minimum absolute atomic E-state index is 0.180. The Kier molecular flexibility index (Phi) is 4.55. The van der Waals surface area contributed by atoms with Gasteiger partial charge in [-0.1, -0.05) is 12.1 Å². The second kappa shape index (κ2) is 6.77. The third-order valence-electron chi connectivity index (χ3n) is 4.13. The molecular weight excluding hydrogens is 293 g/mol. The number of aryl methyl sites for hydroxylation is 1. The first-order valence-corrected chi connectivity index (χ1v) is 7.88. The number of carbonyl (C=O) groups excluding carboxylic acids is 1. The molecule has 1 amide bonds. The van der Waals surface area contributed by atoms with E-state index in [1.165, 1.54) is 6.07 Å². The molecule has 2 aromatic rings. The fraction of sp³-hybridized carbons (Fsp3) is 0.333. The average Bonchev–Trinajstić information content (AvgIpc) is 3.10. The first-order chi connectivity index (χ1) is 11.1. The maximum absolute atomic E-state index is 13.6. The van der Waals surface area contributed by atoms with Crippen molar-refractivity contribution < 1.29 is 9.18 Å². The van der Waals surface area contributed by atoms with Crippen molar-refractivity contribution in [3.05, 3.63) is 59.0 Å². The molecule has 0 radical (unpaired) electrons. The van der Waals surface area contributed by atoms with E-state index in [0.29, 0.717) is 17.7 Å². The van der Waals surface area contributed by atoms with Crippen LogP contribution >= 0.6 is 0 Å². The lowest BCUT2D eigenvalue weighted by atomic mass is 10.1. The molecule has 0 atom stereocenters. The molecular formula is C18H20FN3O. The van der Waals surface area contributed by atoms with Crippen molar-refractivity contribution in [1.29, 1.82) is 0 Å². The topological polar surface area (TPSA) is 45.2 Å². The summed E-state index contributed by atoms with van der Waals surface area (Å²) in [5.74, 6) is 0.300. The summed E-state index contributed by atoms with van der Waals surface area (Å²) < 4.78 is 13.6. The van der Waals surface area contributed by atoms with Crippen LogP contribution in [0.2, 0.25) is 0 Å². The van der Waals surface area contributed by atoms with Gasteiger partial charge in [0.2, 0.25) is 0 Å². The van der Waals surface area contributed by atoms with Crippen molar-refractivity contribution in [3.8, 4) is 0 Å². The number of pyridine rings is 1. The molecule has 1 aromatic heterocycles. The van der Waals surface area contributed by atoms with E-state index in [1.54, 1.807) is 31.3 Å². The van der Waals surface area contributed by atoms with Gasteiger partial charge in [-0.2, -0.15) is 0 Å². The Hall–Kier alpha value is -2.43. The summed E-state index contributed by atoms with van der Waals surface area (Å²) in [6, 6.07) is 8.55. The van der Waals surface area contributed by atoms with E-state index in [9.17, 15) is 9.18 Å². The zero-order valence-electron chi connectivity index (χ0n) is 13.2. The summed E-state index contributed by atoms with van der Waals surface area (Å²) in [6.45, 7) is 3.88. The number of hydrogen-bond acceptors (Lipinski definition) is 3. The number of nitrogens with zero attached hydrogens (tertiary/aromatic N) is 2. The Labute approximate surface area is 135 Å². The van der Waals surface area contributed by atoms with Gasteiger partial charge in [0.25, 0.3) is 5.91 Å². The monoisotopic (exact) mass is 313 g/mol. The van der Waals surface area contributed by atoms with Crippen LogP contribution in [0.5, 0.6) is 0 Å². The third-order valence-corrected chi connectivity index (χ3v) is 4.13. The standard InChI is InChI=1S/C18H20FN3O/c1-13-6-7-14(11-16(13)19)12-21-18(23)15-5-4-8-20-17(15)22-9-2-3-10-22/h4-8,11H,2-3,9-10,12H2,1H3,(H,21,23). The molecule has 1 fully saturated rings. The van der Waals surface area contributed by atoms with Crippen molar-refractivity contribution in [2.75, 3.05) is 18.0 Å². The Morgan fingerprint density at radius 2 is 2.09 bits per heavy atom. The van der Waals surface area contributed by atoms with Gasteiger partial charge in [-0.25, -0.2) is 9.37 Å². The molecule has 0 saturated carbocycles. The smallest absolute Gasteiger partial charge is 0.255 e. The summed E-state index contributed by atoms with van der Waals surface area (Å²) in [5.41, 5.74) is 1.92. The van der Waals surface area contributed by atoms with E-state index in [4.69, 9.17) is 0 Å². The molecule has 1 aromatic carbocycles. The number of hydrogen-bond donors (Lipinski definition) is 1. The zero-order chi connectivity index (χ0) is 16.2. The summed E-state index contributed by atoms with van der Waals surface area (Å²) in [5, 5.41) is 2.85. The molecule has 0 aliphatic carbocycles. The molecule has 1 aliphatic heterocycles. The van der Waals surface area contributed by atoms with Gasteiger partial charge in [-0.05, 0) is 49.1 Å². The van der Waals surface area contributed by atoms with Gasteiger partial charge in [0.05, 0.1) is 5.56 Å². The van der Waals surface area contributed by atoms with Crippen molar-refractivity contribution in [2.24, 2.45) is 0 Å². The minimum Gasteiger partial charge on any atom is -0.356 e. The van der Waals surface area contributed by atoms with E-state index < -0.39 is 0 Å². The van der Waals surface area contributed by atoms with Crippen LogP contribution in [0, 0.1) is 12.7 Å². The maximum Gasteiger partial charge on any atom is 0.255 e. The number of anilines is 1. The number of carbonyl (C=O) groups is 1. The van der Waals surface area contributed by atoms with Crippen molar-refractivity contribution in [2.45, 2.75) is 26.3 Å². The van der Waals surface area contributed by atoms with Gasteiger partial charge in [0.15, 0.2) is 0 Å². The molecule has 2 heterocycles. The van der Waals surface area contributed by atoms with Gasteiger partial charge in [-0.3, -0.25) is 4.79 Å². The molecule has 0 spiro atoms. The van der Waals surface area contributed by atoms with Crippen LogP contribution in [0.1, 0.15) is 34.3 Å². The fourth-order valence-electron chi connectivity index (χ4n) is 2.78. The number of nitrogens with one attached hydrogen (secondary N) is 1. The van der Waals surface area contributed by atoms with E-state index in [0.717, 1.165) is 37.3 Å². The third kappa shape index (κ3) is 3.50. The van der Waals surface area contributed by atoms with Crippen LogP contribution in [0.15, 0.2) is 36.5 Å². The van der Waals surface area contributed by atoms with Crippen LogP contribution in [0.4, 0.5) is 10.2 Å². The van der Waals surface area contributed by atoms with Gasteiger partial charge in [0.1, 0.15) is 11.6 Å². The van der Waals surface area contributed by atoms with Crippen LogP contribution in [0.25, 0.3) is 0 Å². The first-order valence-electron chi connectivity index (χ1n) is 7.88. The highest BCUT2D eigenvalue weighted by atomic mass is 19.1. The molecule has 120 valence electrons. The highest BCUT2D eigenvalue weighted by Crippen LogP contribution is 2.21. The van der Waals surface area contributed by atoms with E-state index in [2.05, 4.69) is 15.2 Å². The van der Waals surface area contributed by atoms with Crippen LogP contribution < -0.4 is 10.2 Å². The molecule has 1 aliphatic rings. The first kappa shape index (κ1) is 15.5. The SMILES string of the molecule is Cc1ccc(CNC(=O)c2cccnc2N2CCCC2)cc1F. The van der Waals surface area contributed by atoms with Crippen molar-refractivity contribution in [1.82, 2.24) is 10.3 Å². The number of halogens is 1. The van der Waals surface area contributed by atoms with Gasteiger partial charge < -0.3 is 10.2 Å². The van der Waals surface area contributed by atoms with E-state index in [1.807, 2.05) is 6.07 Å². The number of benzene rings is 1. The summed E-state index contributed by atoms with van der Waals surface area (Å²) in [6.07, 6.45) is 3.96. The second-order valence-corrected chi connectivity index (χ2v) is 5.83. The van der Waals surface area contributed by atoms with Gasteiger partial charge in [0, 0.05) is 25.8 Å². The van der Waals surface area contributed by atoms with Crippen LogP contribution in [-0.4, -0.2) is 24.0 Å². The number of amides is 1. The van der Waals surface area contributed by atoms with Crippen LogP contribution in [0.3, 0.4) is 0 Å². The molecule has 1 saturated heterocycles. The Balaban J connectivity index is 1.72. The zero-order valence-corrected chi connectivity index (χ0v) is 13.2. The molecule has 3 rings (SSSR count). The molecule has 5 heteroatoms. The van der Waals surface area contributed by atoms with Crippen LogP contribution in [-0.2, 0) is 6.54 Å². The number of aromatic nitrogens is 1. The quantitative estimate of drug-likeness (QED) is 0.943. The van der Waals surface area contributed by atoms with Crippen molar-refractivity contribution in [3.63, 3.8) is 0 Å². The minimum atomic E-state index is -0.254. The predicted octanol–water partition coefficient (Wildman–Crippen LogP) is 3.06. The largest absolute Gasteiger partial charge is 0.356 e. The Morgan fingerprint density at radius 1 is 1.30 bits per heavy atom. The highest BCUT2D eigenvalue weighted by molar-refractivity contribution is 5.98. The van der Waals surface area contributed by atoms with Gasteiger partial charge in [-0.15, -0.1) is 0 Å². The lowest BCUT2D eigenvalue weighted by Crippen LogP contribution is -2.28. The lowest BCUT2D eigenvalue weighted by molar-refractivity contribution is 0.0951. The summed E-state index contributed by atoms with van der Waals surface area (Å²) in [4.78, 5) is 19.0. The molecule has 4 nitrogen and oxygen atoms in total.